The number of carbonyl (C=O) groups is 1. The lowest BCUT2D eigenvalue weighted by molar-refractivity contribution is -0.110. The van der Waals surface area contributed by atoms with E-state index in [9.17, 15) is 4.79 Å². The molecule has 0 saturated carbocycles. The predicted octanol–water partition coefficient (Wildman–Crippen LogP) is 1.16. The molecular formula is C8H13NOS. The number of hydrogen-bond donors (Lipinski definition) is 1. The van der Waals surface area contributed by atoms with Gasteiger partial charge in [0.05, 0.1) is 0 Å². The number of hydrogen-bond acceptors (Lipinski definition) is 3. The minimum atomic E-state index is 0.350. The fraction of sp³-hybridized carbons (Fsp3) is 0.875. The van der Waals surface area contributed by atoms with Crippen LogP contribution in [0.1, 0.15) is 25.7 Å². The van der Waals surface area contributed by atoms with E-state index < -0.39 is 0 Å². The standard InChI is InChI=1S/C8H13NOS/c10-7-1-2-8(11-7)3-5-9-6-4-8/h9H,1-6H2. The van der Waals surface area contributed by atoms with Crippen LogP contribution in [-0.2, 0) is 4.79 Å². The lowest BCUT2D eigenvalue weighted by atomic mass is 9.93. The van der Waals surface area contributed by atoms with Crippen molar-refractivity contribution in [2.45, 2.75) is 30.4 Å². The average Bonchev–Trinajstić information content (AvgIpc) is 2.34. The average molecular weight is 171 g/mol. The molecule has 2 fully saturated rings. The Balaban J connectivity index is 2.03. The quantitative estimate of drug-likeness (QED) is 0.593. The van der Waals surface area contributed by atoms with E-state index in [0.717, 1.165) is 25.9 Å². The maximum Gasteiger partial charge on any atom is 0.189 e. The molecule has 0 aromatic heterocycles. The van der Waals surface area contributed by atoms with E-state index in [0.29, 0.717) is 9.86 Å². The molecule has 2 aliphatic heterocycles. The number of piperidine rings is 1. The van der Waals surface area contributed by atoms with Gasteiger partial charge in [-0.15, -0.1) is 0 Å². The molecule has 0 atom stereocenters. The Morgan fingerprint density at radius 1 is 1.27 bits per heavy atom. The van der Waals surface area contributed by atoms with Crippen molar-refractivity contribution in [3.63, 3.8) is 0 Å². The molecule has 2 heterocycles. The second kappa shape index (κ2) is 2.79. The third-order valence-corrected chi connectivity index (χ3v) is 4.11. The van der Waals surface area contributed by atoms with Crippen molar-refractivity contribution in [1.82, 2.24) is 5.32 Å². The van der Waals surface area contributed by atoms with Crippen LogP contribution < -0.4 is 5.32 Å². The van der Waals surface area contributed by atoms with Gasteiger partial charge in [0.2, 0.25) is 0 Å². The molecule has 1 spiro atoms. The summed E-state index contributed by atoms with van der Waals surface area (Å²) in [5, 5.41) is 3.74. The van der Waals surface area contributed by atoms with E-state index in [2.05, 4.69) is 5.32 Å². The van der Waals surface area contributed by atoms with Crippen LogP contribution >= 0.6 is 11.8 Å². The van der Waals surface area contributed by atoms with Crippen molar-refractivity contribution in [3.8, 4) is 0 Å². The van der Waals surface area contributed by atoms with Crippen LogP contribution in [0.25, 0.3) is 0 Å². The summed E-state index contributed by atoms with van der Waals surface area (Å²) < 4.78 is 0.350. The summed E-state index contributed by atoms with van der Waals surface area (Å²) in [6, 6.07) is 0. The number of carbonyl (C=O) groups excluding carboxylic acids is 1. The molecule has 11 heavy (non-hydrogen) atoms. The molecule has 0 aromatic carbocycles. The molecule has 62 valence electrons. The van der Waals surface area contributed by atoms with E-state index >= 15 is 0 Å². The van der Waals surface area contributed by atoms with Gasteiger partial charge >= 0.3 is 0 Å². The zero-order valence-electron chi connectivity index (χ0n) is 6.56. The summed E-state index contributed by atoms with van der Waals surface area (Å²) in [5.41, 5.74) is 0. The number of thioether (sulfide) groups is 1. The van der Waals surface area contributed by atoms with Gasteiger partial charge in [-0.3, -0.25) is 4.79 Å². The van der Waals surface area contributed by atoms with Crippen LogP contribution in [0.2, 0.25) is 0 Å². The lowest BCUT2D eigenvalue weighted by Crippen LogP contribution is -2.37. The maximum absolute atomic E-state index is 11.1. The van der Waals surface area contributed by atoms with Gasteiger partial charge in [-0.05, 0) is 32.4 Å². The van der Waals surface area contributed by atoms with E-state index in [1.807, 2.05) is 0 Å². The first-order valence-corrected chi connectivity index (χ1v) is 5.05. The van der Waals surface area contributed by atoms with Gasteiger partial charge in [-0.2, -0.15) is 0 Å². The third kappa shape index (κ3) is 1.44. The summed E-state index contributed by atoms with van der Waals surface area (Å²) in [6.07, 6.45) is 4.30. The van der Waals surface area contributed by atoms with Gasteiger partial charge in [-0.25, -0.2) is 0 Å². The molecule has 1 N–H and O–H groups in total. The first kappa shape index (κ1) is 7.62. The Morgan fingerprint density at radius 2 is 2.00 bits per heavy atom. The molecule has 0 aliphatic carbocycles. The zero-order chi connectivity index (χ0) is 7.73. The molecule has 0 radical (unpaired) electrons. The van der Waals surface area contributed by atoms with E-state index in [-0.39, 0.29) is 0 Å². The van der Waals surface area contributed by atoms with Crippen LogP contribution in [0.4, 0.5) is 0 Å². The zero-order valence-corrected chi connectivity index (χ0v) is 7.38. The van der Waals surface area contributed by atoms with Crippen LogP contribution in [-0.4, -0.2) is 23.0 Å². The first-order valence-electron chi connectivity index (χ1n) is 4.23. The molecule has 3 heteroatoms. The Bertz CT molecular complexity index is 175. The second-order valence-electron chi connectivity index (χ2n) is 3.41. The van der Waals surface area contributed by atoms with Crippen LogP contribution in [0.3, 0.4) is 0 Å². The van der Waals surface area contributed by atoms with Crippen LogP contribution in [0.5, 0.6) is 0 Å². The monoisotopic (exact) mass is 171 g/mol. The predicted molar refractivity (Wildman–Crippen MR) is 46.7 cm³/mol. The maximum atomic E-state index is 11.1. The molecule has 0 aromatic rings. The molecule has 2 nitrogen and oxygen atoms in total. The Kier molecular flexibility index (Phi) is 1.93. The molecule has 2 aliphatic rings. The van der Waals surface area contributed by atoms with Gasteiger partial charge in [-0.1, -0.05) is 11.8 Å². The summed E-state index contributed by atoms with van der Waals surface area (Å²) in [7, 11) is 0. The molecule has 0 unspecified atom stereocenters. The van der Waals surface area contributed by atoms with Gasteiger partial charge in [0.15, 0.2) is 5.12 Å². The highest BCUT2D eigenvalue weighted by molar-refractivity contribution is 8.15. The Morgan fingerprint density at radius 3 is 2.55 bits per heavy atom. The Labute approximate surface area is 71.1 Å². The van der Waals surface area contributed by atoms with Crippen molar-refractivity contribution >= 4 is 16.9 Å². The minimum absolute atomic E-state index is 0.350. The summed E-state index contributed by atoms with van der Waals surface area (Å²) >= 11 is 1.61. The van der Waals surface area contributed by atoms with E-state index in [1.165, 1.54) is 12.8 Å². The lowest BCUT2D eigenvalue weighted by Gasteiger charge is -2.31. The normalized spacial score (nSPS) is 29.6. The summed E-state index contributed by atoms with van der Waals surface area (Å²) in [5.74, 6) is 0. The molecule has 2 rings (SSSR count). The van der Waals surface area contributed by atoms with Crippen LogP contribution in [0, 0.1) is 0 Å². The highest BCUT2D eigenvalue weighted by atomic mass is 32.2. The molecule has 0 amide bonds. The highest BCUT2D eigenvalue weighted by Gasteiger charge is 2.39. The fourth-order valence-electron chi connectivity index (χ4n) is 1.91. The van der Waals surface area contributed by atoms with Crippen molar-refractivity contribution in [3.05, 3.63) is 0 Å². The summed E-state index contributed by atoms with van der Waals surface area (Å²) in [4.78, 5) is 11.1. The van der Waals surface area contributed by atoms with E-state index in [1.54, 1.807) is 11.8 Å². The molecule has 0 bridgehead atoms. The molecular weight excluding hydrogens is 158 g/mol. The highest BCUT2D eigenvalue weighted by Crippen LogP contribution is 2.45. The second-order valence-corrected chi connectivity index (χ2v) is 4.93. The topological polar surface area (TPSA) is 29.1 Å². The van der Waals surface area contributed by atoms with Crippen molar-refractivity contribution in [2.75, 3.05) is 13.1 Å². The largest absolute Gasteiger partial charge is 0.317 e. The van der Waals surface area contributed by atoms with Crippen molar-refractivity contribution < 1.29 is 4.79 Å². The van der Waals surface area contributed by atoms with Crippen molar-refractivity contribution in [1.29, 1.82) is 0 Å². The van der Waals surface area contributed by atoms with Gasteiger partial charge in [0, 0.05) is 11.2 Å². The van der Waals surface area contributed by atoms with Gasteiger partial charge < -0.3 is 5.32 Å². The van der Waals surface area contributed by atoms with Gasteiger partial charge in [0.1, 0.15) is 0 Å². The number of rotatable bonds is 0. The first-order chi connectivity index (χ1) is 5.31. The summed E-state index contributed by atoms with van der Waals surface area (Å²) in [6.45, 7) is 2.19. The Hall–Kier alpha value is -0.0200. The van der Waals surface area contributed by atoms with E-state index in [4.69, 9.17) is 0 Å². The smallest absolute Gasteiger partial charge is 0.189 e. The van der Waals surface area contributed by atoms with Gasteiger partial charge in [0.25, 0.3) is 0 Å². The third-order valence-electron chi connectivity index (χ3n) is 2.63. The number of nitrogens with one attached hydrogen (secondary N) is 1. The fourth-order valence-corrected chi connectivity index (χ4v) is 3.21. The van der Waals surface area contributed by atoms with Crippen molar-refractivity contribution in [2.24, 2.45) is 0 Å². The molecule has 2 saturated heterocycles. The minimum Gasteiger partial charge on any atom is -0.317 e. The van der Waals surface area contributed by atoms with Crippen LogP contribution in [0.15, 0.2) is 0 Å². The SMILES string of the molecule is O=C1CCC2(CCNCC2)S1.